The Hall–Kier alpha value is -1.87. The van der Waals surface area contributed by atoms with Crippen LogP contribution in [0.3, 0.4) is 0 Å². The molecule has 0 aliphatic heterocycles. The Labute approximate surface area is 112 Å². The fourth-order valence-corrected chi connectivity index (χ4v) is 1.85. The van der Waals surface area contributed by atoms with E-state index in [1.54, 1.807) is 13.2 Å². The molecule has 0 aromatic heterocycles. The lowest BCUT2D eigenvalue weighted by Crippen LogP contribution is -2.02. The van der Waals surface area contributed by atoms with Crippen molar-refractivity contribution in [1.82, 2.24) is 0 Å². The molecule has 0 heterocycles. The predicted molar refractivity (Wildman–Crippen MR) is 76.2 cm³/mol. The maximum atomic E-state index is 5.96. The van der Waals surface area contributed by atoms with E-state index in [0.29, 0.717) is 17.3 Å². The van der Waals surface area contributed by atoms with Gasteiger partial charge in [0.15, 0.2) is 0 Å². The van der Waals surface area contributed by atoms with Crippen molar-refractivity contribution in [2.75, 3.05) is 18.2 Å². The third-order valence-electron chi connectivity index (χ3n) is 2.67. The van der Waals surface area contributed by atoms with Crippen LogP contribution in [0.5, 0.6) is 5.75 Å². The highest BCUT2D eigenvalue weighted by Gasteiger charge is 2.02. The number of hydrogen-bond acceptors (Lipinski definition) is 3. The van der Waals surface area contributed by atoms with Crippen LogP contribution in [-0.2, 0) is 6.54 Å². The zero-order valence-corrected chi connectivity index (χ0v) is 10.9. The van der Waals surface area contributed by atoms with Gasteiger partial charge in [0, 0.05) is 6.54 Å². The van der Waals surface area contributed by atoms with E-state index in [0.717, 1.165) is 17.0 Å². The molecule has 2 aromatic carbocycles. The average molecular weight is 263 g/mol. The molecule has 0 amide bonds. The largest absolute Gasteiger partial charge is 0.497 e. The van der Waals surface area contributed by atoms with Crippen molar-refractivity contribution in [3.05, 3.63) is 53.1 Å². The Kier molecular flexibility index (Phi) is 3.95. The molecule has 0 fully saturated rings. The normalized spacial score (nSPS) is 10.1. The highest BCUT2D eigenvalue weighted by atomic mass is 35.5. The topological polar surface area (TPSA) is 47.3 Å². The number of halogens is 1. The van der Waals surface area contributed by atoms with Gasteiger partial charge in [-0.25, -0.2) is 0 Å². The first kappa shape index (κ1) is 12.6. The molecule has 0 radical (unpaired) electrons. The number of nitrogens with one attached hydrogen (secondary N) is 1. The molecule has 0 saturated carbocycles. The molecule has 2 aromatic rings. The van der Waals surface area contributed by atoms with Crippen molar-refractivity contribution in [3.8, 4) is 5.75 Å². The minimum absolute atomic E-state index is 0.561. The van der Waals surface area contributed by atoms with Crippen LogP contribution >= 0.6 is 11.6 Å². The number of nitrogen functional groups attached to an aromatic ring is 1. The van der Waals surface area contributed by atoms with Crippen LogP contribution in [0.2, 0.25) is 5.02 Å². The van der Waals surface area contributed by atoms with Gasteiger partial charge in [-0.2, -0.15) is 0 Å². The Bertz CT molecular complexity index is 543. The van der Waals surface area contributed by atoms with E-state index in [1.165, 1.54) is 0 Å². The highest BCUT2D eigenvalue weighted by molar-refractivity contribution is 6.33. The van der Waals surface area contributed by atoms with Crippen LogP contribution in [-0.4, -0.2) is 7.11 Å². The first-order valence-electron chi connectivity index (χ1n) is 5.61. The maximum absolute atomic E-state index is 5.96. The molecule has 0 aliphatic rings. The summed E-state index contributed by atoms with van der Waals surface area (Å²) in [5.74, 6) is 0.841. The van der Waals surface area contributed by atoms with E-state index < -0.39 is 0 Å². The summed E-state index contributed by atoms with van der Waals surface area (Å²) in [5.41, 5.74) is 8.41. The van der Waals surface area contributed by atoms with Crippen molar-refractivity contribution in [1.29, 1.82) is 0 Å². The van der Waals surface area contributed by atoms with Crippen molar-refractivity contribution in [2.45, 2.75) is 6.54 Å². The van der Waals surface area contributed by atoms with Crippen molar-refractivity contribution >= 4 is 23.0 Å². The van der Waals surface area contributed by atoms with Gasteiger partial charge in [0.25, 0.3) is 0 Å². The van der Waals surface area contributed by atoms with E-state index >= 15 is 0 Å². The van der Waals surface area contributed by atoms with Gasteiger partial charge in [0.1, 0.15) is 5.75 Å². The summed E-state index contributed by atoms with van der Waals surface area (Å²) in [4.78, 5) is 0. The number of anilines is 2. The molecule has 0 saturated heterocycles. The summed E-state index contributed by atoms with van der Waals surface area (Å²) in [5, 5.41) is 3.82. The van der Waals surface area contributed by atoms with Gasteiger partial charge < -0.3 is 15.8 Å². The van der Waals surface area contributed by atoms with Crippen LogP contribution in [0.4, 0.5) is 11.4 Å². The molecule has 0 unspecified atom stereocenters. The smallest absolute Gasteiger partial charge is 0.119 e. The number of para-hydroxylation sites is 1. The molecule has 0 spiro atoms. The predicted octanol–water partition coefficient (Wildman–Crippen LogP) is 3.54. The Balaban J connectivity index is 2.09. The summed E-state index contributed by atoms with van der Waals surface area (Å²) >= 11 is 5.96. The van der Waals surface area contributed by atoms with Gasteiger partial charge in [0.2, 0.25) is 0 Å². The number of hydrogen-bond donors (Lipinski definition) is 2. The standard InChI is InChI=1S/C14H15ClN2O/c1-18-11-5-2-4-10(8-11)9-17-13-7-3-6-12(15)14(13)16/h2-8,17H,9,16H2,1H3. The SMILES string of the molecule is COc1cccc(CNc2cccc(Cl)c2N)c1. The molecule has 94 valence electrons. The molecule has 4 heteroatoms. The molecule has 3 N–H and O–H groups in total. The summed E-state index contributed by atoms with van der Waals surface area (Å²) in [6, 6.07) is 13.4. The summed E-state index contributed by atoms with van der Waals surface area (Å²) in [6.07, 6.45) is 0. The molecular formula is C14H15ClN2O. The van der Waals surface area contributed by atoms with Gasteiger partial charge in [-0.15, -0.1) is 0 Å². The molecule has 0 aliphatic carbocycles. The van der Waals surface area contributed by atoms with Gasteiger partial charge in [-0.05, 0) is 29.8 Å². The van der Waals surface area contributed by atoms with E-state index in [-0.39, 0.29) is 0 Å². The first-order valence-corrected chi connectivity index (χ1v) is 5.99. The minimum Gasteiger partial charge on any atom is -0.497 e. The van der Waals surface area contributed by atoms with Crippen molar-refractivity contribution < 1.29 is 4.74 Å². The number of benzene rings is 2. The number of nitrogens with two attached hydrogens (primary N) is 1. The zero-order valence-electron chi connectivity index (χ0n) is 10.1. The van der Waals surface area contributed by atoms with Crippen molar-refractivity contribution in [3.63, 3.8) is 0 Å². The molecule has 18 heavy (non-hydrogen) atoms. The maximum Gasteiger partial charge on any atom is 0.119 e. The number of rotatable bonds is 4. The lowest BCUT2D eigenvalue weighted by atomic mass is 10.2. The van der Waals surface area contributed by atoms with Crippen LogP contribution in [0.25, 0.3) is 0 Å². The zero-order chi connectivity index (χ0) is 13.0. The monoisotopic (exact) mass is 262 g/mol. The van der Waals surface area contributed by atoms with E-state index in [9.17, 15) is 0 Å². The lowest BCUT2D eigenvalue weighted by Gasteiger charge is -2.11. The number of ether oxygens (including phenoxy) is 1. The molecular weight excluding hydrogens is 248 g/mol. The quantitative estimate of drug-likeness (QED) is 0.829. The molecule has 2 rings (SSSR count). The van der Waals surface area contributed by atoms with Gasteiger partial charge in [-0.1, -0.05) is 29.8 Å². The van der Waals surface area contributed by atoms with Gasteiger partial charge in [0.05, 0.1) is 23.5 Å². The number of methoxy groups -OCH3 is 1. The van der Waals surface area contributed by atoms with Crippen molar-refractivity contribution in [2.24, 2.45) is 0 Å². The first-order chi connectivity index (χ1) is 8.70. The molecule has 0 bridgehead atoms. The Morgan fingerprint density at radius 1 is 1.22 bits per heavy atom. The second-order valence-electron chi connectivity index (χ2n) is 3.91. The van der Waals surface area contributed by atoms with E-state index in [1.807, 2.05) is 36.4 Å². The lowest BCUT2D eigenvalue weighted by molar-refractivity contribution is 0.414. The molecule has 3 nitrogen and oxygen atoms in total. The van der Waals surface area contributed by atoms with E-state index in [2.05, 4.69) is 5.32 Å². The van der Waals surface area contributed by atoms with Crippen LogP contribution < -0.4 is 15.8 Å². The molecule has 0 atom stereocenters. The van der Waals surface area contributed by atoms with Gasteiger partial charge >= 0.3 is 0 Å². The third-order valence-corrected chi connectivity index (χ3v) is 3.00. The average Bonchev–Trinajstić information content (AvgIpc) is 2.41. The Morgan fingerprint density at radius 2 is 2.00 bits per heavy atom. The fourth-order valence-electron chi connectivity index (χ4n) is 1.67. The second kappa shape index (κ2) is 5.65. The highest BCUT2D eigenvalue weighted by Crippen LogP contribution is 2.27. The Morgan fingerprint density at radius 3 is 2.78 bits per heavy atom. The van der Waals surface area contributed by atoms with Gasteiger partial charge in [-0.3, -0.25) is 0 Å². The summed E-state index contributed by atoms with van der Waals surface area (Å²) in [7, 11) is 1.65. The van der Waals surface area contributed by atoms with Crippen LogP contribution in [0.1, 0.15) is 5.56 Å². The summed E-state index contributed by atoms with van der Waals surface area (Å²) < 4.78 is 5.18. The van der Waals surface area contributed by atoms with E-state index in [4.69, 9.17) is 22.1 Å². The van der Waals surface area contributed by atoms with Crippen LogP contribution in [0, 0.1) is 0 Å². The fraction of sp³-hybridized carbons (Fsp3) is 0.143. The minimum atomic E-state index is 0.561. The second-order valence-corrected chi connectivity index (χ2v) is 4.31. The summed E-state index contributed by atoms with van der Waals surface area (Å²) in [6.45, 7) is 0.668. The third kappa shape index (κ3) is 2.87. The van der Waals surface area contributed by atoms with Crippen LogP contribution in [0.15, 0.2) is 42.5 Å².